The van der Waals surface area contributed by atoms with Crippen LogP contribution in [0.3, 0.4) is 0 Å². The van der Waals surface area contributed by atoms with Gasteiger partial charge in [-0.25, -0.2) is 4.98 Å². The number of hydrogen-bond donors (Lipinski definition) is 2. The Morgan fingerprint density at radius 2 is 2.10 bits per heavy atom. The van der Waals surface area contributed by atoms with E-state index < -0.39 is 0 Å². The second-order valence-electron chi connectivity index (χ2n) is 4.24. The highest BCUT2D eigenvalue weighted by atomic mass is 79.9. The first-order chi connectivity index (χ1) is 9.76. The molecule has 2 N–H and O–H groups in total. The molecule has 20 heavy (non-hydrogen) atoms. The van der Waals surface area contributed by atoms with Crippen LogP contribution in [0.15, 0.2) is 47.1 Å². The molecule has 0 amide bonds. The van der Waals surface area contributed by atoms with Crippen molar-refractivity contribution in [3.63, 3.8) is 0 Å². The van der Waals surface area contributed by atoms with Gasteiger partial charge in [0.1, 0.15) is 11.9 Å². The van der Waals surface area contributed by atoms with Crippen molar-refractivity contribution in [3.8, 4) is 6.07 Å². The molecule has 0 saturated heterocycles. The Morgan fingerprint density at radius 3 is 2.80 bits per heavy atom. The molecule has 0 unspecified atom stereocenters. The van der Waals surface area contributed by atoms with Gasteiger partial charge >= 0.3 is 0 Å². The van der Waals surface area contributed by atoms with Crippen LogP contribution < -0.4 is 5.32 Å². The Labute approximate surface area is 126 Å². The fourth-order valence-corrected chi connectivity index (χ4v) is 2.53. The summed E-state index contributed by atoms with van der Waals surface area (Å²) in [5.74, 6) is 0.532. The summed E-state index contributed by atoms with van der Waals surface area (Å²) in [7, 11) is 0. The predicted molar refractivity (Wildman–Crippen MR) is 81.2 cm³/mol. The minimum absolute atomic E-state index is 0.0493. The summed E-state index contributed by atoms with van der Waals surface area (Å²) in [6, 6.07) is 13.2. The Morgan fingerprint density at radius 1 is 1.30 bits per heavy atom. The van der Waals surface area contributed by atoms with Crippen molar-refractivity contribution in [2.24, 2.45) is 0 Å². The van der Waals surface area contributed by atoms with Crippen molar-refractivity contribution >= 4 is 21.7 Å². The van der Waals surface area contributed by atoms with Crippen LogP contribution in [0.25, 0.3) is 0 Å². The summed E-state index contributed by atoms with van der Waals surface area (Å²) in [5.41, 5.74) is 1.51. The lowest BCUT2D eigenvalue weighted by Crippen LogP contribution is -2.14. The molecule has 0 aliphatic heterocycles. The second kappa shape index (κ2) is 7.04. The fraction of sp³-hybridized carbons (Fsp3) is 0.200. The van der Waals surface area contributed by atoms with Crippen molar-refractivity contribution in [2.75, 3.05) is 11.9 Å². The molecule has 2 aromatic rings. The summed E-state index contributed by atoms with van der Waals surface area (Å²) in [6.07, 6.45) is 2.17. The number of aliphatic hydroxyl groups excluding tert-OH is 1. The van der Waals surface area contributed by atoms with Crippen LogP contribution >= 0.6 is 15.9 Å². The number of hydrogen-bond acceptors (Lipinski definition) is 4. The minimum Gasteiger partial charge on any atom is -0.396 e. The van der Waals surface area contributed by atoms with E-state index in [2.05, 4.69) is 32.3 Å². The van der Waals surface area contributed by atoms with Crippen molar-refractivity contribution < 1.29 is 5.11 Å². The molecule has 5 heteroatoms. The van der Waals surface area contributed by atoms with Gasteiger partial charge in [-0.15, -0.1) is 0 Å². The SMILES string of the molecule is N#Cc1cccnc1N[C@H](CCO)c1ccccc1Br. The topological polar surface area (TPSA) is 68.9 Å². The number of nitrogens with one attached hydrogen (secondary N) is 1. The maximum atomic E-state index is 9.25. The molecule has 1 aromatic carbocycles. The molecule has 0 bridgehead atoms. The highest BCUT2D eigenvalue weighted by molar-refractivity contribution is 9.10. The van der Waals surface area contributed by atoms with E-state index in [1.807, 2.05) is 24.3 Å². The summed E-state index contributed by atoms with van der Waals surface area (Å²) in [4.78, 5) is 4.20. The molecule has 0 fully saturated rings. The van der Waals surface area contributed by atoms with Crippen molar-refractivity contribution in [3.05, 3.63) is 58.2 Å². The third kappa shape index (κ3) is 3.35. The minimum atomic E-state index is -0.113. The largest absolute Gasteiger partial charge is 0.396 e. The van der Waals surface area contributed by atoms with E-state index in [9.17, 15) is 5.11 Å². The number of aromatic nitrogens is 1. The summed E-state index contributed by atoms with van der Waals surface area (Å²) in [5, 5.41) is 21.6. The Hall–Kier alpha value is -1.90. The fourth-order valence-electron chi connectivity index (χ4n) is 1.97. The second-order valence-corrected chi connectivity index (χ2v) is 5.10. The number of benzene rings is 1. The Balaban J connectivity index is 2.31. The zero-order valence-electron chi connectivity index (χ0n) is 10.8. The van der Waals surface area contributed by atoms with E-state index in [0.717, 1.165) is 10.0 Å². The van der Waals surface area contributed by atoms with E-state index >= 15 is 0 Å². The lowest BCUT2D eigenvalue weighted by Gasteiger charge is -2.20. The molecule has 0 aliphatic carbocycles. The van der Waals surface area contributed by atoms with Crippen LogP contribution in [0.5, 0.6) is 0 Å². The van der Waals surface area contributed by atoms with Gasteiger partial charge in [-0.05, 0) is 30.2 Å². The number of aliphatic hydroxyl groups is 1. The molecule has 4 nitrogen and oxygen atoms in total. The Kier molecular flexibility index (Phi) is 5.10. The van der Waals surface area contributed by atoms with Gasteiger partial charge < -0.3 is 10.4 Å². The van der Waals surface area contributed by atoms with E-state index in [4.69, 9.17) is 5.26 Å². The van der Waals surface area contributed by atoms with Crippen LogP contribution in [-0.4, -0.2) is 16.7 Å². The van der Waals surface area contributed by atoms with E-state index in [-0.39, 0.29) is 12.6 Å². The van der Waals surface area contributed by atoms with Crippen LogP contribution in [-0.2, 0) is 0 Å². The van der Waals surface area contributed by atoms with Crippen molar-refractivity contribution in [1.29, 1.82) is 5.26 Å². The summed E-state index contributed by atoms with van der Waals surface area (Å²) >= 11 is 3.51. The molecule has 1 atom stereocenters. The third-order valence-corrected chi connectivity index (χ3v) is 3.66. The molecule has 2 rings (SSSR count). The smallest absolute Gasteiger partial charge is 0.144 e. The molecule has 0 aliphatic rings. The number of rotatable bonds is 5. The molecular formula is C15H14BrN3O. The Bertz CT molecular complexity index is 619. The number of nitrogens with zero attached hydrogens (tertiary/aromatic N) is 2. The molecular weight excluding hydrogens is 318 g/mol. The van der Waals surface area contributed by atoms with Crippen molar-refractivity contribution in [1.82, 2.24) is 4.98 Å². The zero-order chi connectivity index (χ0) is 14.4. The van der Waals surface area contributed by atoms with Crippen LogP contribution in [0.2, 0.25) is 0 Å². The van der Waals surface area contributed by atoms with E-state index in [1.165, 1.54) is 0 Å². The van der Waals surface area contributed by atoms with Gasteiger partial charge in [0.05, 0.1) is 11.6 Å². The molecule has 0 spiro atoms. The highest BCUT2D eigenvalue weighted by Crippen LogP contribution is 2.28. The quantitative estimate of drug-likeness (QED) is 0.882. The number of halogens is 1. The summed E-state index contributed by atoms with van der Waals surface area (Å²) < 4.78 is 0.959. The van der Waals surface area contributed by atoms with E-state index in [0.29, 0.717) is 17.8 Å². The first-order valence-corrected chi connectivity index (χ1v) is 7.02. The standard InChI is InChI=1S/C15H14BrN3O/c16-13-6-2-1-5-12(13)14(7-9-20)19-15-11(10-17)4-3-8-18-15/h1-6,8,14,20H,7,9H2,(H,18,19)/t14-/m1/s1. The van der Waals surface area contributed by atoms with Gasteiger partial charge in [0.15, 0.2) is 0 Å². The number of nitriles is 1. The summed E-state index contributed by atoms with van der Waals surface area (Å²) in [6.45, 7) is 0.0493. The molecule has 1 aromatic heterocycles. The molecule has 0 saturated carbocycles. The molecule has 102 valence electrons. The van der Waals surface area contributed by atoms with Crippen LogP contribution in [0.4, 0.5) is 5.82 Å². The number of pyridine rings is 1. The van der Waals surface area contributed by atoms with Gasteiger partial charge in [0.25, 0.3) is 0 Å². The lowest BCUT2D eigenvalue weighted by molar-refractivity contribution is 0.279. The molecule has 0 radical (unpaired) electrons. The monoisotopic (exact) mass is 331 g/mol. The van der Waals surface area contributed by atoms with E-state index in [1.54, 1.807) is 18.3 Å². The van der Waals surface area contributed by atoms with Crippen molar-refractivity contribution in [2.45, 2.75) is 12.5 Å². The zero-order valence-corrected chi connectivity index (χ0v) is 12.3. The number of anilines is 1. The maximum Gasteiger partial charge on any atom is 0.144 e. The average molecular weight is 332 g/mol. The van der Waals surface area contributed by atoms with Crippen LogP contribution in [0, 0.1) is 11.3 Å². The normalized spacial score (nSPS) is 11.7. The average Bonchev–Trinajstić information content (AvgIpc) is 2.48. The van der Waals surface area contributed by atoms with Crippen LogP contribution in [0.1, 0.15) is 23.6 Å². The van der Waals surface area contributed by atoms with Gasteiger partial charge in [0.2, 0.25) is 0 Å². The highest BCUT2D eigenvalue weighted by Gasteiger charge is 2.15. The van der Waals surface area contributed by atoms with Gasteiger partial charge in [0, 0.05) is 17.3 Å². The predicted octanol–water partition coefficient (Wildman–Crippen LogP) is 3.25. The first kappa shape index (κ1) is 14.5. The first-order valence-electron chi connectivity index (χ1n) is 6.23. The third-order valence-electron chi connectivity index (χ3n) is 2.94. The lowest BCUT2D eigenvalue weighted by atomic mass is 10.0. The van der Waals surface area contributed by atoms with Gasteiger partial charge in [-0.2, -0.15) is 5.26 Å². The van der Waals surface area contributed by atoms with Gasteiger partial charge in [-0.3, -0.25) is 0 Å². The van der Waals surface area contributed by atoms with Gasteiger partial charge in [-0.1, -0.05) is 34.1 Å². The maximum absolute atomic E-state index is 9.25. The molecule has 1 heterocycles.